The van der Waals surface area contributed by atoms with Gasteiger partial charge in [0.25, 0.3) is 0 Å². The van der Waals surface area contributed by atoms with Gasteiger partial charge in [0.05, 0.1) is 19.8 Å². The molecule has 0 unspecified atom stereocenters. The molecule has 3 aromatic rings. The number of nitrogens with zero attached hydrogens (tertiary/aromatic N) is 2. The van der Waals surface area contributed by atoms with Crippen LogP contribution in [0.1, 0.15) is 15.9 Å². The minimum Gasteiger partial charge on any atom is -0.454 e. The molecule has 0 atom stereocenters. The maximum absolute atomic E-state index is 13.6. The van der Waals surface area contributed by atoms with Gasteiger partial charge in [0.15, 0.2) is 17.3 Å². The van der Waals surface area contributed by atoms with Gasteiger partial charge in [-0.05, 0) is 41.0 Å². The Balaban J connectivity index is 1.46. The summed E-state index contributed by atoms with van der Waals surface area (Å²) in [5.74, 6) is 1.08. The van der Waals surface area contributed by atoms with Gasteiger partial charge < -0.3 is 24.2 Å². The van der Waals surface area contributed by atoms with Crippen LogP contribution in [0.5, 0.6) is 11.5 Å². The van der Waals surface area contributed by atoms with Crippen LogP contribution in [0.2, 0.25) is 0 Å². The number of urea groups is 1. The first kappa shape index (κ1) is 22.9. The van der Waals surface area contributed by atoms with E-state index in [1.54, 1.807) is 21.9 Å². The average Bonchev–Trinajstić information content (AvgIpc) is 3.40. The number of aliphatic hydroxyl groups excluding tert-OH is 1. The molecule has 8 nitrogen and oxygen atoms in total. The van der Waals surface area contributed by atoms with Gasteiger partial charge in [0.1, 0.15) is 6.61 Å². The van der Waals surface area contributed by atoms with E-state index in [1.807, 2.05) is 54.6 Å². The Hall–Kier alpha value is -3.88. The number of aliphatic hydroxyl groups is 1. The van der Waals surface area contributed by atoms with Crippen LogP contribution in [0, 0.1) is 0 Å². The molecule has 2 amide bonds. The van der Waals surface area contributed by atoms with Crippen LogP contribution in [-0.4, -0.2) is 61.5 Å². The molecular weight excluding hydrogens is 448 g/mol. The molecule has 5 rings (SSSR count). The van der Waals surface area contributed by atoms with Crippen molar-refractivity contribution >= 4 is 17.5 Å². The number of carbonyl (C=O) groups excluding carboxylic acids is 2. The average molecular weight is 475 g/mol. The van der Waals surface area contributed by atoms with Crippen LogP contribution in [0.4, 0.5) is 10.5 Å². The van der Waals surface area contributed by atoms with Crippen molar-refractivity contribution in [2.24, 2.45) is 0 Å². The number of ether oxygens (including phenoxy) is 3. The van der Waals surface area contributed by atoms with Gasteiger partial charge in [-0.3, -0.25) is 9.69 Å². The van der Waals surface area contributed by atoms with Gasteiger partial charge in [-0.2, -0.15) is 0 Å². The first-order chi connectivity index (χ1) is 17.1. The van der Waals surface area contributed by atoms with Crippen LogP contribution in [-0.2, 0) is 11.3 Å². The first-order valence-electron chi connectivity index (χ1n) is 11.5. The maximum atomic E-state index is 13.6. The summed E-state index contributed by atoms with van der Waals surface area (Å²) in [5.41, 5.74) is 3.97. The Morgan fingerprint density at radius 1 is 0.886 bits per heavy atom. The molecule has 3 aromatic carbocycles. The number of rotatable bonds is 6. The second kappa shape index (κ2) is 10.2. The third kappa shape index (κ3) is 4.99. The lowest BCUT2D eigenvalue weighted by Gasteiger charge is -2.33. The van der Waals surface area contributed by atoms with Gasteiger partial charge in [0, 0.05) is 24.3 Å². The van der Waals surface area contributed by atoms with Crippen LogP contribution < -0.4 is 14.4 Å². The largest absolute Gasteiger partial charge is 0.454 e. The highest BCUT2D eigenvalue weighted by Gasteiger charge is 2.25. The van der Waals surface area contributed by atoms with Crippen molar-refractivity contribution in [2.45, 2.75) is 6.54 Å². The number of anilines is 1. The normalized spacial score (nSPS) is 14.6. The number of hydrogen-bond acceptors (Lipinski definition) is 6. The molecule has 2 aliphatic heterocycles. The molecular formula is C27H26N2O6. The fraction of sp³-hybridized carbons (Fsp3) is 0.259. The van der Waals surface area contributed by atoms with E-state index in [0.717, 1.165) is 28.1 Å². The first-order valence-corrected chi connectivity index (χ1v) is 11.5. The van der Waals surface area contributed by atoms with Gasteiger partial charge in [-0.25, -0.2) is 4.79 Å². The van der Waals surface area contributed by atoms with Crippen molar-refractivity contribution in [3.63, 3.8) is 0 Å². The second-order valence-electron chi connectivity index (χ2n) is 8.36. The lowest BCUT2D eigenvalue weighted by Crippen LogP contribution is -2.48. The predicted molar refractivity (Wildman–Crippen MR) is 130 cm³/mol. The molecule has 2 aliphatic rings. The van der Waals surface area contributed by atoms with E-state index < -0.39 is 6.61 Å². The van der Waals surface area contributed by atoms with E-state index in [0.29, 0.717) is 44.2 Å². The zero-order valence-corrected chi connectivity index (χ0v) is 19.2. The standard InChI is InChI=1S/C27H26N2O6/c30-17-24(31)20-6-4-19(5-7-20)16-29(27(32)28-10-12-33-13-11-28)23-3-1-2-21(14-23)22-8-9-25-26(15-22)35-18-34-25/h1-9,14-15,30H,10-13,16-18H2. The Kier molecular flexibility index (Phi) is 6.65. The Labute approximate surface area is 203 Å². The molecule has 1 saturated heterocycles. The summed E-state index contributed by atoms with van der Waals surface area (Å²) >= 11 is 0. The Morgan fingerprint density at radius 3 is 2.40 bits per heavy atom. The highest BCUT2D eigenvalue weighted by Crippen LogP contribution is 2.37. The van der Waals surface area contributed by atoms with Crippen molar-refractivity contribution in [1.82, 2.24) is 4.90 Å². The number of amides is 2. The number of Topliss-reactive ketones (excluding diaryl/α,β-unsaturated/α-hetero) is 1. The van der Waals surface area contributed by atoms with E-state index >= 15 is 0 Å². The number of benzene rings is 3. The lowest BCUT2D eigenvalue weighted by atomic mass is 10.0. The smallest absolute Gasteiger partial charge is 0.324 e. The topological polar surface area (TPSA) is 88.5 Å². The lowest BCUT2D eigenvalue weighted by molar-refractivity contribution is 0.0548. The van der Waals surface area contributed by atoms with Gasteiger partial charge in [0.2, 0.25) is 6.79 Å². The summed E-state index contributed by atoms with van der Waals surface area (Å²) in [5, 5.41) is 9.11. The van der Waals surface area contributed by atoms with Crippen LogP contribution in [0.15, 0.2) is 66.7 Å². The van der Waals surface area contributed by atoms with Crippen molar-refractivity contribution in [3.8, 4) is 22.6 Å². The minimum atomic E-state index is -0.534. The molecule has 0 bridgehead atoms. The van der Waals surface area contributed by atoms with Crippen molar-refractivity contribution in [1.29, 1.82) is 0 Å². The molecule has 8 heteroatoms. The fourth-order valence-electron chi connectivity index (χ4n) is 4.19. The molecule has 0 aliphatic carbocycles. The Morgan fingerprint density at radius 2 is 1.63 bits per heavy atom. The van der Waals surface area contributed by atoms with Crippen molar-refractivity contribution < 1.29 is 28.9 Å². The molecule has 180 valence electrons. The Bertz CT molecular complexity index is 1220. The SMILES string of the molecule is O=C(CO)c1ccc(CN(C(=O)N2CCOCC2)c2cccc(-c3ccc4c(c3)OCO4)c2)cc1. The molecule has 0 aromatic heterocycles. The number of fused-ring (bicyclic) bond motifs is 1. The third-order valence-electron chi connectivity index (χ3n) is 6.14. The van der Waals surface area contributed by atoms with Crippen molar-refractivity contribution in [2.75, 3.05) is 44.6 Å². The summed E-state index contributed by atoms with van der Waals surface area (Å²) in [6.07, 6.45) is 0. The zero-order chi connectivity index (χ0) is 24.2. The van der Waals surface area contributed by atoms with Gasteiger partial charge in [-0.1, -0.05) is 42.5 Å². The van der Waals surface area contributed by atoms with E-state index in [-0.39, 0.29) is 18.6 Å². The summed E-state index contributed by atoms with van der Waals surface area (Å²) in [6.45, 7) is 2.08. The van der Waals surface area contributed by atoms with E-state index in [4.69, 9.17) is 19.3 Å². The van der Waals surface area contributed by atoms with Crippen molar-refractivity contribution in [3.05, 3.63) is 77.9 Å². The van der Waals surface area contributed by atoms with E-state index in [1.165, 1.54) is 0 Å². The summed E-state index contributed by atoms with van der Waals surface area (Å²) < 4.78 is 16.4. The number of morpholine rings is 1. The van der Waals surface area contributed by atoms with Gasteiger partial charge in [-0.15, -0.1) is 0 Å². The third-order valence-corrected chi connectivity index (χ3v) is 6.14. The van der Waals surface area contributed by atoms with Crippen LogP contribution >= 0.6 is 0 Å². The van der Waals surface area contributed by atoms with Crippen LogP contribution in [0.25, 0.3) is 11.1 Å². The summed E-state index contributed by atoms with van der Waals surface area (Å²) in [4.78, 5) is 28.9. The van der Waals surface area contributed by atoms with Crippen LogP contribution in [0.3, 0.4) is 0 Å². The molecule has 35 heavy (non-hydrogen) atoms. The highest BCUT2D eigenvalue weighted by molar-refractivity contribution is 5.97. The highest BCUT2D eigenvalue weighted by atomic mass is 16.7. The number of hydrogen-bond donors (Lipinski definition) is 1. The molecule has 0 spiro atoms. The second-order valence-corrected chi connectivity index (χ2v) is 8.36. The van der Waals surface area contributed by atoms with Gasteiger partial charge >= 0.3 is 6.03 Å². The maximum Gasteiger partial charge on any atom is 0.324 e. The molecule has 1 N–H and O–H groups in total. The zero-order valence-electron chi connectivity index (χ0n) is 19.2. The quantitative estimate of drug-likeness (QED) is 0.548. The summed E-state index contributed by atoms with van der Waals surface area (Å²) in [7, 11) is 0. The predicted octanol–water partition coefficient (Wildman–Crippen LogP) is 3.72. The van der Waals surface area contributed by atoms with E-state index in [9.17, 15) is 9.59 Å². The number of ketones is 1. The fourth-order valence-corrected chi connectivity index (χ4v) is 4.19. The molecule has 2 heterocycles. The minimum absolute atomic E-state index is 0.105. The monoisotopic (exact) mass is 474 g/mol. The molecule has 0 radical (unpaired) electrons. The van der Waals surface area contributed by atoms with E-state index in [2.05, 4.69) is 0 Å². The molecule has 1 fully saturated rings. The molecule has 0 saturated carbocycles. The number of carbonyl (C=O) groups is 2. The summed E-state index contributed by atoms with van der Waals surface area (Å²) in [6, 6.07) is 20.5.